The quantitative estimate of drug-likeness (QED) is 0.830. The largest absolute Gasteiger partial charge is 0.378 e. The van der Waals surface area contributed by atoms with Crippen molar-refractivity contribution in [3.8, 4) is 0 Å². The number of nitrogens with one attached hydrogen (secondary N) is 2. The molecule has 2 aromatic rings. The van der Waals surface area contributed by atoms with Crippen LogP contribution in [0.1, 0.15) is 23.2 Å². The van der Waals surface area contributed by atoms with Crippen molar-refractivity contribution in [2.24, 2.45) is 0 Å². The van der Waals surface area contributed by atoms with Gasteiger partial charge in [0.15, 0.2) is 0 Å². The molecule has 1 saturated carbocycles. The van der Waals surface area contributed by atoms with E-state index in [4.69, 9.17) is 0 Å². The van der Waals surface area contributed by atoms with Crippen LogP contribution in [0.5, 0.6) is 0 Å². The van der Waals surface area contributed by atoms with Gasteiger partial charge in [0.25, 0.3) is 15.9 Å². The van der Waals surface area contributed by atoms with Crippen molar-refractivity contribution < 1.29 is 13.2 Å². The Kier molecular flexibility index (Phi) is 4.67. The van der Waals surface area contributed by atoms with E-state index in [1.165, 1.54) is 24.3 Å². The van der Waals surface area contributed by atoms with E-state index >= 15 is 0 Å². The highest BCUT2D eigenvalue weighted by Gasteiger charge is 2.24. The van der Waals surface area contributed by atoms with Crippen LogP contribution < -0.4 is 14.9 Å². The molecule has 0 aromatic heterocycles. The molecule has 7 heteroatoms. The molecule has 1 aliphatic rings. The summed E-state index contributed by atoms with van der Waals surface area (Å²) in [5.41, 5.74) is 1.93. The van der Waals surface area contributed by atoms with Crippen LogP contribution in [0.25, 0.3) is 0 Å². The van der Waals surface area contributed by atoms with Gasteiger partial charge in [-0.15, -0.1) is 0 Å². The van der Waals surface area contributed by atoms with E-state index in [0.29, 0.717) is 11.3 Å². The lowest BCUT2D eigenvalue weighted by molar-refractivity contribution is 0.0951. The van der Waals surface area contributed by atoms with E-state index in [1.807, 2.05) is 31.1 Å². The summed E-state index contributed by atoms with van der Waals surface area (Å²) < 4.78 is 27.5. The van der Waals surface area contributed by atoms with Crippen LogP contribution in [0.15, 0.2) is 53.4 Å². The number of benzene rings is 2. The average Bonchev–Trinajstić information content (AvgIpc) is 3.39. The smallest absolute Gasteiger partial charge is 0.261 e. The predicted molar refractivity (Wildman–Crippen MR) is 98.5 cm³/mol. The molecule has 1 amide bonds. The summed E-state index contributed by atoms with van der Waals surface area (Å²) in [7, 11) is 0.139. The van der Waals surface area contributed by atoms with Crippen LogP contribution in [-0.4, -0.2) is 34.5 Å². The Morgan fingerprint density at radius 1 is 1.00 bits per heavy atom. The van der Waals surface area contributed by atoms with Crippen LogP contribution in [0, 0.1) is 0 Å². The van der Waals surface area contributed by atoms with Crippen molar-refractivity contribution in [2.45, 2.75) is 23.8 Å². The number of hydrogen-bond acceptors (Lipinski definition) is 4. The molecule has 0 heterocycles. The SMILES string of the molecule is CN(C)c1ccc(NS(=O)(=O)c2ccc(C(=O)NC3CC3)cc2)cc1. The highest BCUT2D eigenvalue weighted by molar-refractivity contribution is 7.92. The minimum Gasteiger partial charge on any atom is -0.378 e. The fourth-order valence-corrected chi connectivity index (χ4v) is 3.38. The molecule has 0 unspecified atom stereocenters. The third kappa shape index (κ3) is 4.30. The predicted octanol–water partition coefficient (Wildman–Crippen LogP) is 2.45. The van der Waals surface area contributed by atoms with Gasteiger partial charge in [-0.2, -0.15) is 0 Å². The zero-order chi connectivity index (χ0) is 18.0. The molecule has 1 fully saturated rings. The highest BCUT2D eigenvalue weighted by Crippen LogP contribution is 2.21. The van der Waals surface area contributed by atoms with Crippen molar-refractivity contribution >= 4 is 27.3 Å². The molecule has 3 rings (SSSR count). The van der Waals surface area contributed by atoms with Gasteiger partial charge in [0, 0.05) is 37.1 Å². The van der Waals surface area contributed by atoms with Gasteiger partial charge in [-0.3, -0.25) is 9.52 Å². The lowest BCUT2D eigenvalue weighted by Crippen LogP contribution is -2.25. The second-order valence-corrected chi connectivity index (χ2v) is 8.00. The molecule has 0 radical (unpaired) electrons. The summed E-state index contributed by atoms with van der Waals surface area (Å²) in [4.78, 5) is 14.0. The second-order valence-electron chi connectivity index (χ2n) is 6.32. The standard InChI is InChI=1S/C18H21N3O3S/c1-21(2)16-9-7-15(8-10-16)20-25(23,24)17-11-3-13(4-12-17)18(22)19-14-5-6-14/h3-4,7-12,14,20H,5-6H2,1-2H3,(H,19,22). The molecule has 132 valence electrons. The first-order valence-corrected chi connectivity index (χ1v) is 9.54. The van der Waals surface area contributed by atoms with Crippen molar-refractivity contribution in [1.29, 1.82) is 0 Å². The minimum absolute atomic E-state index is 0.118. The number of anilines is 2. The van der Waals surface area contributed by atoms with Crippen LogP contribution in [0.4, 0.5) is 11.4 Å². The highest BCUT2D eigenvalue weighted by atomic mass is 32.2. The summed E-state index contributed by atoms with van der Waals surface area (Å²) in [5.74, 6) is -0.168. The van der Waals surface area contributed by atoms with Gasteiger partial charge in [-0.05, 0) is 61.4 Å². The van der Waals surface area contributed by atoms with E-state index in [2.05, 4.69) is 10.0 Å². The lowest BCUT2D eigenvalue weighted by Gasteiger charge is -2.13. The van der Waals surface area contributed by atoms with Crippen molar-refractivity contribution in [3.05, 3.63) is 54.1 Å². The molecule has 6 nitrogen and oxygen atoms in total. The van der Waals surface area contributed by atoms with Crippen LogP contribution in [0.2, 0.25) is 0 Å². The molecule has 0 spiro atoms. The first kappa shape index (κ1) is 17.3. The Morgan fingerprint density at radius 3 is 2.12 bits per heavy atom. The third-order valence-electron chi connectivity index (χ3n) is 3.98. The summed E-state index contributed by atoms with van der Waals surface area (Å²) in [6, 6.07) is 13.3. The first-order chi connectivity index (χ1) is 11.8. The number of carbonyl (C=O) groups is 1. The van der Waals surface area contributed by atoms with Gasteiger partial charge in [0.1, 0.15) is 0 Å². The van der Waals surface area contributed by atoms with Crippen LogP contribution in [0.3, 0.4) is 0 Å². The number of amides is 1. The third-order valence-corrected chi connectivity index (χ3v) is 5.37. The Balaban J connectivity index is 1.71. The molecule has 2 aromatic carbocycles. The number of hydrogen-bond donors (Lipinski definition) is 2. The van der Waals surface area contributed by atoms with Crippen molar-refractivity contribution in [2.75, 3.05) is 23.7 Å². The summed E-state index contributed by atoms with van der Waals surface area (Å²) in [6.45, 7) is 0. The van der Waals surface area contributed by atoms with E-state index in [1.54, 1.807) is 12.1 Å². The zero-order valence-corrected chi connectivity index (χ0v) is 15.0. The van der Waals surface area contributed by atoms with Crippen molar-refractivity contribution in [3.63, 3.8) is 0 Å². The first-order valence-electron chi connectivity index (χ1n) is 8.06. The van der Waals surface area contributed by atoms with Crippen LogP contribution in [-0.2, 0) is 10.0 Å². The molecular formula is C18H21N3O3S. The monoisotopic (exact) mass is 359 g/mol. The van der Waals surface area contributed by atoms with Gasteiger partial charge >= 0.3 is 0 Å². The Bertz CT molecular complexity index is 855. The zero-order valence-electron chi connectivity index (χ0n) is 14.2. The lowest BCUT2D eigenvalue weighted by atomic mass is 10.2. The topological polar surface area (TPSA) is 78.5 Å². The van der Waals surface area contributed by atoms with E-state index in [9.17, 15) is 13.2 Å². The maximum atomic E-state index is 12.5. The Morgan fingerprint density at radius 2 is 1.60 bits per heavy atom. The number of sulfonamides is 1. The fraction of sp³-hybridized carbons (Fsp3) is 0.278. The van der Waals surface area contributed by atoms with Gasteiger partial charge < -0.3 is 10.2 Å². The van der Waals surface area contributed by atoms with E-state index in [0.717, 1.165) is 18.5 Å². The summed E-state index contributed by atoms with van der Waals surface area (Å²) in [5, 5.41) is 2.87. The molecular weight excluding hydrogens is 338 g/mol. The molecule has 0 atom stereocenters. The van der Waals surface area contributed by atoms with E-state index in [-0.39, 0.29) is 16.8 Å². The van der Waals surface area contributed by atoms with Gasteiger partial charge in [0.2, 0.25) is 0 Å². The van der Waals surface area contributed by atoms with E-state index < -0.39 is 10.0 Å². The van der Waals surface area contributed by atoms with Crippen LogP contribution >= 0.6 is 0 Å². The number of carbonyl (C=O) groups excluding carboxylic acids is 1. The minimum atomic E-state index is -3.69. The molecule has 0 aliphatic heterocycles. The average molecular weight is 359 g/mol. The normalized spacial score (nSPS) is 14.0. The second kappa shape index (κ2) is 6.76. The molecule has 1 aliphatic carbocycles. The fourth-order valence-electron chi connectivity index (χ4n) is 2.32. The summed E-state index contributed by atoms with van der Waals surface area (Å²) >= 11 is 0. The Labute approximate surface area is 147 Å². The summed E-state index contributed by atoms with van der Waals surface area (Å²) in [6.07, 6.45) is 2.02. The molecule has 2 N–H and O–H groups in total. The van der Waals surface area contributed by atoms with Gasteiger partial charge in [-0.1, -0.05) is 0 Å². The number of nitrogens with zero attached hydrogens (tertiary/aromatic N) is 1. The van der Waals surface area contributed by atoms with Gasteiger partial charge in [0.05, 0.1) is 4.90 Å². The maximum absolute atomic E-state index is 12.5. The number of rotatable bonds is 6. The molecule has 0 saturated heterocycles. The van der Waals surface area contributed by atoms with Crippen molar-refractivity contribution in [1.82, 2.24) is 5.32 Å². The Hall–Kier alpha value is -2.54. The molecule has 0 bridgehead atoms. The van der Waals surface area contributed by atoms with Gasteiger partial charge in [-0.25, -0.2) is 8.42 Å². The molecule has 25 heavy (non-hydrogen) atoms. The maximum Gasteiger partial charge on any atom is 0.261 e.